The Kier molecular flexibility index (Phi) is 12.0. The molecule has 1 atom stereocenters. The van der Waals surface area contributed by atoms with Gasteiger partial charge in [0.15, 0.2) is 0 Å². The third-order valence-corrected chi connectivity index (χ3v) is 7.19. The lowest BCUT2D eigenvalue weighted by atomic mass is 10.1. The van der Waals surface area contributed by atoms with Crippen LogP contribution in [0.3, 0.4) is 0 Å². The molecule has 0 spiro atoms. The van der Waals surface area contributed by atoms with Gasteiger partial charge in [0, 0.05) is 12.3 Å². The van der Waals surface area contributed by atoms with Gasteiger partial charge in [-0.1, -0.05) is 30.3 Å². The maximum absolute atomic E-state index is 13.2. The topological polar surface area (TPSA) is 122 Å². The van der Waals surface area contributed by atoms with E-state index in [4.69, 9.17) is 18.5 Å². The van der Waals surface area contributed by atoms with Gasteiger partial charge in [-0.15, -0.1) is 0 Å². The van der Waals surface area contributed by atoms with E-state index in [1.807, 2.05) is 30.3 Å². The Balaban J connectivity index is 2.13. The Morgan fingerprint density at radius 3 is 2.13 bits per heavy atom. The normalized spacial score (nSPS) is 12.8. The van der Waals surface area contributed by atoms with E-state index in [0.717, 1.165) is 5.56 Å². The number of benzene rings is 1. The van der Waals surface area contributed by atoms with Crippen LogP contribution in [0.15, 0.2) is 53.5 Å². The van der Waals surface area contributed by atoms with Crippen LogP contribution in [0.25, 0.3) is 0 Å². The quantitative estimate of drug-likeness (QED) is 0.253. The van der Waals surface area contributed by atoms with Crippen molar-refractivity contribution < 1.29 is 32.7 Å². The first-order valence-electron chi connectivity index (χ1n) is 13.0. The molecule has 11 heteroatoms. The Hall–Kier alpha value is -2.94. The lowest BCUT2D eigenvalue weighted by Gasteiger charge is -2.23. The predicted molar refractivity (Wildman–Crippen MR) is 148 cm³/mol. The van der Waals surface area contributed by atoms with Crippen molar-refractivity contribution in [3.63, 3.8) is 0 Å². The molecule has 0 bridgehead atoms. The van der Waals surface area contributed by atoms with Gasteiger partial charge in [0.25, 0.3) is 5.56 Å². The van der Waals surface area contributed by atoms with Crippen molar-refractivity contribution in [1.29, 1.82) is 0 Å². The summed E-state index contributed by atoms with van der Waals surface area (Å²) in [4.78, 5) is 38.1. The van der Waals surface area contributed by atoms with Crippen molar-refractivity contribution in [3.05, 3.63) is 70.1 Å². The second kappa shape index (κ2) is 14.4. The lowest BCUT2D eigenvalue weighted by molar-refractivity contribution is -0.147. The summed E-state index contributed by atoms with van der Waals surface area (Å²) in [6.07, 6.45) is 0.312. The van der Waals surface area contributed by atoms with Gasteiger partial charge >= 0.3 is 19.7 Å². The van der Waals surface area contributed by atoms with E-state index in [-0.39, 0.29) is 31.5 Å². The predicted octanol–water partition coefficient (Wildman–Crippen LogP) is 5.42. The summed E-state index contributed by atoms with van der Waals surface area (Å²) in [7, 11) is -3.57. The highest BCUT2D eigenvalue weighted by atomic mass is 31.2. The fourth-order valence-electron chi connectivity index (χ4n) is 3.58. The van der Waals surface area contributed by atoms with E-state index in [9.17, 15) is 18.9 Å². The number of rotatable bonds is 13. The molecule has 0 fully saturated rings. The maximum atomic E-state index is 13.2. The van der Waals surface area contributed by atoms with Crippen LogP contribution in [0.5, 0.6) is 0 Å². The van der Waals surface area contributed by atoms with Crippen molar-refractivity contribution in [2.24, 2.45) is 0 Å². The number of amides is 1. The number of nitrogens with one attached hydrogen (secondary N) is 1. The number of hydrogen-bond acceptors (Lipinski definition) is 8. The summed E-state index contributed by atoms with van der Waals surface area (Å²) in [5.74, 6) is -0.615. The Bertz CT molecular complexity index is 1170. The summed E-state index contributed by atoms with van der Waals surface area (Å²) in [5, 5.41) is 2.58. The van der Waals surface area contributed by atoms with Crippen LogP contribution in [0.1, 0.15) is 66.0 Å². The number of aryl methyl sites for hydroxylation is 1. The lowest BCUT2D eigenvalue weighted by Crippen LogP contribution is -2.44. The Morgan fingerprint density at radius 1 is 0.974 bits per heavy atom. The molecule has 216 valence electrons. The molecule has 1 aromatic carbocycles. The van der Waals surface area contributed by atoms with Crippen molar-refractivity contribution in [1.82, 2.24) is 9.88 Å². The maximum Gasteiger partial charge on any atom is 0.408 e. The number of carbonyl (C=O) groups excluding carboxylic acids is 2. The fourth-order valence-corrected chi connectivity index (χ4v) is 5.66. The first-order valence-corrected chi connectivity index (χ1v) is 14.7. The molecule has 1 amide bonds. The molecule has 0 aliphatic rings. The minimum Gasteiger partial charge on any atom is -0.459 e. The van der Waals surface area contributed by atoms with Gasteiger partial charge in [0.05, 0.1) is 12.2 Å². The van der Waals surface area contributed by atoms with Crippen LogP contribution in [-0.4, -0.2) is 40.5 Å². The molecular weight excluding hydrogens is 523 g/mol. The van der Waals surface area contributed by atoms with E-state index in [1.54, 1.807) is 54.5 Å². The number of ether oxygens (including phenoxy) is 2. The minimum atomic E-state index is -3.57. The average Bonchev–Trinajstić information content (AvgIpc) is 2.80. The van der Waals surface area contributed by atoms with Crippen molar-refractivity contribution >= 4 is 19.7 Å². The zero-order valence-electron chi connectivity index (χ0n) is 23.8. The Morgan fingerprint density at radius 2 is 1.59 bits per heavy atom. The molecule has 0 aliphatic carbocycles. The molecule has 10 nitrogen and oxygen atoms in total. The van der Waals surface area contributed by atoms with Crippen molar-refractivity contribution in [2.45, 2.75) is 98.1 Å². The second-order valence-electron chi connectivity index (χ2n) is 10.7. The molecule has 2 rings (SSSR count). The van der Waals surface area contributed by atoms with Gasteiger partial charge in [-0.05, 0) is 78.5 Å². The number of hydrogen-bond donors (Lipinski definition) is 1. The largest absolute Gasteiger partial charge is 0.459 e. The molecule has 1 aromatic heterocycles. The number of carbonyl (C=O) groups is 2. The van der Waals surface area contributed by atoms with Crippen LogP contribution in [0.4, 0.5) is 4.79 Å². The summed E-state index contributed by atoms with van der Waals surface area (Å²) in [5.41, 5.74) is 0.305. The standard InChI is InChI=1S/C28H41N2O8P/c1-20(2)37-39(34,38-21(3)4)19-30-16-15-22(17-25(30)31)13-14-24(29-27(33)36-28(5,6)7)26(32)35-18-23-11-9-8-10-12-23/h8-12,15-17,20-21,24H,13-14,18-19H2,1-7H3,(H,29,33)/t24-/m0/s1. The Labute approximate surface area is 230 Å². The van der Waals surface area contributed by atoms with Crippen LogP contribution in [-0.2, 0) is 47.2 Å². The number of esters is 1. The van der Waals surface area contributed by atoms with Gasteiger partial charge in [0.2, 0.25) is 0 Å². The first-order chi connectivity index (χ1) is 18.2. The SMILES string of the molecule is CC(C)OP(=O)(Cn1ccc(CC[C@H](NC(=O)OC(C)(C)C)C(=O)OCc2ccccc2)cc1=O)OC(C)C. The van der Waals surface area contributed by atoms with Crippen LogP contribution in [0, 0.1) is 0 Å². The number of alkyl carbamates (subject to hydrolysis) is 1. The van der Waals surface area contributed by atoms with E-state index in [1.165, 1.54) is 16.8 Å². The molecule has 1 heterocycles. The highest BCUT2D eigenvalue weighted by Gasteiger charge is 2.29. The molecule has 0 saturated carbocycles. The van der Waals surface area contributed by atoms with Crippen LogP contribution >= 0.6 is 7.60 Å². The average molecular weight is 565 g/mol. The van der Waals surface area contributed by atoms with Gasteiger partial charge in [-0.2, -0.15) is 0 Å². The minimum absolute atomic E-state index is 0.0547. The molecular formula is C28H41N2O8P. The second-order valence-corrected chi connectivity index (χ2v) is 12.7. The van der Waals surface area contributed by atoms with Gasteiger partial charge in [-0.25, -0.2) is 9.59 Å². The zero-order valence-corrected chi connectivity index (χ0v) is 24.7. The van der Waals surface area contributed by atoms with Gasteiger partial charge in [-0.3, -0.25) is 9.36 Å². The number of pyridine rings is 1. The monoisotopic (exact) mass is 564 g/mol. The van der Waals surface area contributed by atoms with Gasteiger partial charge in [0.1, 0.15) is 24.5 Å². The number of aromatic nitrogens is 1. The molecule has 0 unspecified atom stereocenters. The van der Waals surface area contributed by atoms with E-state index in [0.29, 0.717) is 12.0 Å². The molecule has 2 aromatic rings. The third-order valence-electron chi connectivity index (χ3n) is 5.05. The molecule has 0 saturated heterocycles. The molecule has 39 heavy (non-hydrogen) atoms. The third kappa shape index (κ3) is 12.2. The van der Waals surface area contributed by atoms with Crippen LogP contribution in [0.2, 0.25) is 0 Å². The summed E-state index contributed by atoms with van der Waals surface area (Å²) < 4.78 is 36.3. The highest BCUT2D eigenvalue weighted by molar-refractivity contribution is 7.52. The fraction of sp³-hybridized carbons (Fsp3) is 0.536. The highest BCUT2D eigenvalue weighted by Crippen LogP contribution is 2.51. The molecule has 0 aliphatic heterocycles. The van der Waals surface area contributed by atoms with E-state index in [2.05, 4.69) is 5.32 Å². The smallest absolute Gasteiger partial charge is 0.408 e. The van der Waals surface area contributed by atoms with Gasteiger partial charge < -0.3 is 28.4 Å². The van der Waals surface area contributed by atoms with Crippen LogP contribution < -0.4 is 10.9 Å². The molecule has 1 N–H and O–H groups in total. The summed E-state index contributed by atoms with van der Waals surface area (Å²) in [6, 6.07) is 11.3. The van der Waals surface area contributed by atoms with Crippen molar-refractivity contribution in [2.75, 3.05) is 0 Å². The number of nitrogens with zero attached hydrogens (tertiary/aromatic N) is 1. The van der Waals surface area contributed by atoms with E-state index >= 15 is 0 Å². The molecule has 0 radical (unpaired) electrons. The zero-order chi connectivity index (χ0) is 29.2. The van der Waals surface area contributed by atoms with E-state index < -0.39 is 36.9 Å². The van der Waals surface area contributed by atoms with Crippen molar-refractivity contribution in [3.8, 4) is 0 Å². The summed E-state index contributed by atoms with van der Waals surface area (Å²) >= 11 is 0. The summed E-state index contributed by atoms with van der Waals surface area (Å²) in [6.45, 7) is 12.2. The first kappa shape index (κ1) is 32.3.